The molecule has 15 heavy (non-hydrogen) atoms. The number of hydrogen-bond acceptors (Lipinski definition) is 3. The van der Waals surface area contributed by atoms with Crippen LogP contribution in [0.1, 0.15) is 0 Å². The predicted octanol–water partition coefficient (Wildman–Crippen LogP) is 1.52. The summed E-state index contributed by atoms with van der Waals surface area (Å²) in [5.74, 6) is 0.422. The normalized spacial score (nSPS) is 9.60. The molecule has 0 unspecified atom stereocenters. The van der Waals surface area contributed by atoms with E-state index < -0.39 is 6.09 Å². The summed E-state index contributed by atoms with van der Waals surface area (Å²) < 4.78 is 6.38. The molecule has 0 spiro atoms. The van der Waals surface area contributed by atoms with E-state index in [1.54, 1.807) is 22.7 Å². The Bertz CT molecular complexity index is 495. The maximum Gasteiger partial charge on any atom is 0.410 e. The zero-order chi connectivity index (χ0) is 10.1. The summed E-state index contributed by atoms with van der Waals surface area (Å²) >= 11 is 0. The fourth-order valence-corrected chi connectivity index (χ4v) is 1.29. The molecule has 1 amide bonds. The van der Waals surface area contributed by atoms with E-state index in [1.165, 1.54) is 12.3 Å². The van der Waals surface area contributed by atoms with Crippen LogP contribution in [0.3, 0.4) is 0 Å². The summed E-state index contributed by atoms with van der Waals surface area (Å²) in [6, 6.07) is 4.77. The van der Waals surface area contributed by atoms with Crippen LogP contribution in [0.15, 0.2) is 30.6 Å². The van der Waals surface area contributed by atoms with Gasteiger partial charge in [-0.3, -0.25) is 0 Å². The number of pyridine rings is 1. The fraction of sp³-hybridized carbons (Fsp3) is 0. The van der Waals surface area contributed by atoms with Crippen LogP contribution in [-0.2, 0) is 0 Å². The smallest absolute Gasteiger partial charge is 0.410 e. The zero-order valence-corrected chi connectivity index (χ0v) is 8.40. The number of ether oxygens (including phenoxy) is 1. The Labute approximate surface area is 91.5 Å². The summed E-state index contributed by atoms with van der Waals surface area (Å²) in [6.07, 6.45) is 2.35. The highest BCUT2D eigenvalue weighted by Crippen LogP contribution is 2.24. The van der Waals surface area contributed by atoms with Gasteiger partial charge in [-0.15, -0.1) is 12.4 Å². The van der Waals surface area contributed by atoms with Crippen LogP contribution in [-0.4, -0.2) is 15.6 Å². The van der Waals surface area contributed by atoms with Crippen LogP contribution in [0.2, 0.25) is 0 Å². The first-order valence-electron chi connectivity index (χ1n) is 3.94. The van der Waals surface area contributed by atoms with E-state index in [4.69, 9.17) is 10.5 Å². The van der Waals surface area contributed by atoms with Crippen molar-refractivity contribution < 1.29 is 14.6 Å². The zero-order valence-electron chi connectivity index (χ0n) is 7.58. The van der Waals surface area contributed by atoms with Gasteiger partial charge in [0.2, 0.25) is 0 Å². The van der Waals surface area contributed by atoms with Gasteiger partial charge in [-0.2, -0.15) is 0 Å². The SMILES string of the molecule is Cl.NC(=O)Oc1cccn2cc(O)cc12. The number of primary amides is 1. The molecule has 0 radical (unpaired) electrons. The van der Waals surface area contributed by atoms with E-state index in [2.05, 4.69) is 0 Å². The third-order valence-electron chi connectivity index (χ3n) is 1.79. The van der Waals surface area contributed by atoms with Gasteiger partial charge in [-0.1, -0.05) is 0 Å². The molecule has 3 N–H and O–H groups in total. The Kier molecular flexibility index (Phi) is 3.06. The molecular weight excluding hydrogens is 220 g/mol. The average molecular weight is 229 g/mol. The lowest BCUT2D eigenvalue weighted by atomic mass is 10.4. The number of halogens is 1. The second kappa shape index (κ2) is 4.10. The third kappa shape index (κ3) is 2.13. The number of aromatic hydroxyl groups is 1. The Morgan fingerprint density at radius 1 is 1.53 bits per heavy atom. The first-order valence-corrected chi connectivity index (χ1v) is 3.94. The lowest BCUT2D eigenvalue weighted by Crippen LogP contribution is -2.16. The maximum absolute atomic E-state index is 10.5. The molecule has 0 atom stereocenters. The second-order valence-corrected chi connectivity index (χ2v) is 2.78. The van der Waals surface area contributed by atoms with Crippen molar-refractivity contribution in [2.75, 3.05) is 0 Å². The highest BCUT2D eigenvalue weighted by molar-refractivity contribution is 5.85. The minimum atomic E-state index is -0.876. The molecule has 0 bridgehead atoms. The largest absolute Gasteiger partial charge is 0.506 e. The minimum Gasteiger partial charge on any atom is -0.506 e. The molecule has 80 valence electrons. The van der Waals surface area contributed by atoms with Gasteiger partial charge < -0.3 is 20.0 Å². The van der Waals surface area contributed by atoms with E-state index in [0.29, 0.717) is 11.3 Å². The molecule has 0 fully saturated rings. The van der Waals surface area contributed by atoms with Crippen LogP contribution in [0.5, 0.6) is 11.5 Å². The lowest BCUT2D eigenvalue weighted by Gasteiger charge is -2.02. The molecule has 0 saturated carbocycles. The number of nitrogens with zero attached hydrogens (tertiary/aromatic N) is 1. The van der Waals surface area contributed by atoms with Crippen LogP contribution < -0.4 is 10.5 Å². The van der Waals surface area contributed by atoms with Crippen molar-refractivity contribution in [1.29, 1.82) is 0 Å². The fourth-order valence-electron chi connectivity index (χ4n) is 1.29. The molecule has 2 aromatic heterocycles. The lowest BCUT2D eigenvalue weighted by molar-refractivity contribution is 0.211. The molecule has 5 nitrogen and oxygen atoms in total. The molecule has 0 saturated heterocycles. The molecule has 0 aromatic carbocycles. The van der Waals surface area contributed by atoms with Crippen LogP contribution >= 0.6 is 12.4 Å². The highest BCUT2D eigenvalue weighted by atomic mass is 35.5. The van der Waals surface area contributed by atoms with Gasteiger partial charge in [0.1, 0.15) is 5.75 Å². The molecule has 2 rings (SSSR count). The minimum absolute atomic E-state index is 0. The van der Waals surface area contributed by atoms with Crippen LogP contribution in [0, 0.1) is 0 Å². The van der Waals surface area contributed by atoms with E-state index in [-0.39, 0.29) is 18.2 Å². The van der Waals surface area contributed by atoms with Crippen molar-refractivity contribution in [3.05, 3.63) is 30.6 Å². The molecule has 2 heterocycles. The van der Waals surface area contributed by atoms with E-state index in [9.17, 15) is 9.90 Å². The monoisotopic (exact) mass is 228 g/mol. The van der Waals surface area contributed by atoms with Gasteiger partial charge in [0.15, 0.2) is 5.75 Å². The number of nitrogens with two attached hydrogens (primary N) is 1. The van der Waals surface area contributed by atoms with Gasteiger partial charge in [0.05, 0.1) is 11.7 Å². The molecule has 2 aromatic rings. The maximum atomic E-state index is 10.5. The van der Waals surface area contributed by atoms with Crippen molar-refractivity contribution in [1.82, 2.24) is 4.40 Å². The van der Waals surface area contributed by atoms with E-state index in [1.807, 2.05) is 0 Å². The van der Waals surface area contributed by atoms with Gasteiger partial charge in [0, 0.05) is 12.3 Å². The van der Waals surface area contributed by atoms with Crippen molar-refractivity contribution >= 4 is 24.0 Å². The molecule has 0 aliphatic heterocycles. The second-order valence-electron chi connectivity index (χ2n) is 2.78. The number of carbonyl (C=O) groups is 1. The van der Waals surface area contributed by atoms with Crippen molar-refractivity contribution in [2.45, 2.75) is 0 Å². The summed E-state index contributed by atoms with van der Waals surface area (Å²) in [4.78, 5) is 10.5. The topological polar surface area (TPSA) is 77.0 Å². The molecular formula is C9H9ClN2O3. The Hall–Kier alpha value is -1.88. The van der Waals surface area contributed by atoms with Crippen molar-refractivity contribution in [3.8, 4) is 11.5 Å². The first kappa shape index (κ1) is 11.2. The van der Waals surface area contributed by atoms with Gasteiger partial charge in [-0.25, -0.2) is 4.79 Å². The third-order valence-corrected chi connectivity index (χ3v) is 1.79. The number of carbonyl (C=O) groups excluding carboxylic acids is 1. The van der Waals surface area contributed by atoms with Gasteiger partial charge in [-0.05, 0) is 12.1 Å². The van der Waals surface area contributed by atoms with E-state index in [0.717, 1.165) is 0 Å². The molecule has 0 aliphatic rings. The summed E-state index contributed by atoms with van der Waals surface area (Å²) in [6.45, 7) is 0. The molecule has 0 aliphatic carbocycles. The summed E-state index contributed by atoms with van der Waals surface area (Å²) in [7, 11) is 0. The van der Waals surface area contributed by atoms with Crippen molar-refractivity contribution in [3.63, 3.8) is 0 Å². The summed E-state index contributed by atoms with van der Waals surface area (Å²) in [5, 5.41) is 9.22. The number of aromatic nitrogens is 1. The van der Waals surface area contributed by atoms with Gasteiger partial charge >= 0.3 is 6.09 Å². The van der Waals surface area contributed by atoms with Crippen LogP contribution in [0.4, 0.5) is 4.79 Å². The Morgan fingerprint density at radius 3 is 2.93 bits per heavy atom. The number of rotatable bonds is 1. The molecule has 6 heteroatoms. The Morgan fingerprint density at radius 2 is 2.27 bits per heavy atom. The number of fused-ring (bicyclic) bond motifs is 1. The predicted molar refractivity (Wildman–Crippen MR) is 56.5 cm³/mol. The highest BCUT2D eigenvalue weighted by Gasteiger charge is 2.06. The average Bonchev–Trinajstić information content (AvgIpc) is 2.45. The van der Waals surface area contributed by atoms with Crippen molar-refractivity contribution in [2.24, 2.45) is 5.73 Å². The summed E-state index contributed by atoms with van der Waals surface area (Å²) in [5.41, 5.74) is 5.48. The van der Waals surface area contributed by atoms with Crippen LogP contribution in [0.25, 0.3) is 5.52 Å². The quantitative estimate of drug-likeness (QED) is 0.777. The number of hydrogen-bond donors (Lipinski definition) is 2. The number of amides is 1. The van der Waals surface area contributed by atoms with Gasteiger partial charge in [0.25, 0.3) is 0 Å². The standard InChI is InChI=1S/C9H8N2O3.ClH/c10-9(13)14-8-2-1-3-11-5-6(12)4-7(8)11;/h1-5,12H,(H2,10,13);1H. The Balaban J connectivity index is 0.00000112. The first-order chi connectivity index (χ1) is 6.66. The van der Waals surface area contributed by atoms with E-state index >= 15 is 0 Å².